The number of ether oxygens (including phenoxy) is 2. The quantitative estimate of drug-likeness (QED) is 0.473. The molecule has 0 aromatic heterocycles. The summed E-state index contributed by atoms with van der Waals surface area (Å²) in [6.45, 7) is 16.2. The Morgan fingerprint density at radius 1 is 1.17 bits per heavy atom. The number of guanidine groups is 1. The van der Waals surface area contributed by atoms with Crippen molar-refractivity contribution < 1.29 is 9.47 Å². The molecule has 1 aliphatic rings. The average Bonchev–Trinajstić information content (AvgIpc) is 2.72. The molecular weight excluding hydrogens is 376 g/mol. The number of hydrogen-bond donors (Lipinski definition) is 2. The molecule has 170 valence electrons. The largest absolute Gasteiger partial charge is 0.493 e. The highest BCUT2D eigenvalue weighted by Gasteiger charge is 2.24. The molecule has 0 radical (unpaired) electrons. The Morgan fingerprint density at radius 2 is 1.83 bits per heavy atom. The van der Waals surface area contributed by atoms with Gasteiger partial charge in [0.1, 0.15) is 0 Å². The van der Waals surface area contributed by atoms with Crippen LogP contribution < -0.4 is 20.1 Å². The number of rotatable bonds is 9. The Morgan fingerprint density at radius 3 is 2.40 bits per heavy atom. The lowest BCUT2D eigenvalue weighted by molar-refractivity contribution is 0.187. The van der Waals surface area contributed by atoms with Crippen molar-refractivity contribution in [1.29, 1.82) is 0 Å². The van der Waals surface area contributed by atoms with Crippen LogP contribution in [0.25, 0.3) is 0 Å². The lowest BCUT2D eigenvalue weighted by atomic mass is 9.84. The van der Waals surface area contributed by atoms with Crippen LogP contribution >= 0.6 is 0 Å². The first-order chi connectivity index (χ1) is 14.3. The van der Waals surface area contributed by atoms with Gasteiger partial charge in [-0.1, -0.05) is 33.8 Å². The molecule has 0 spiro atoms. The summed E-state index contributed by atoms with van der Waals surface area (Å²) in [7, 11) is 3.33. The van der Waals surface area contributed by atoms with Crippen LogP contribution in [0.15, 0.2) is 23.2 Å². The second-order valence-corrected chi connectivity index (χ2v) is 9.26. The van der Waals surface area contributed by atoms with Gasteiger partial charge in [-0.25, -0.2) is 0 Å². The van der Waals surface area contributed by atoms with Crippen LogP contribution in [0.2, 0.25) is 0 Å². The minimum atomic E-state index is -0.122. The van der Waals surface area contributed by atoms with Crippen molar-refractivity contribution in [2.45, 2.75) is 58.9 Å². The smallest absolute Gasteiger partial charge is 0.191 e. The van der Waals surface area contributed by atoms with Crippen molar-refractivity contribution in [3.8, 4) is 11.5 Å². The average molecular weight is 419 g/mol. The molecule has 1 heterocycles. The number of likely N-dealkylation sites (tertiary alicyclic amines) is 1. The number of nitrogens with one attached hydrogen (secondary N) is 2. The fraction of sp³-hybridized carbons (Fsp3) is 0.708. The van der Waals surface area contributed by atoms with E-state index in [1.165, 1.54) is 12.1 Å². The zero-order chi connectivity index (χ0) is 22.1. The topological polar surface area (TPSA) is 58.1 Å². The third kappa shape index (κ3) is 7.08. The predicted octanol–water partition coefficient (Wildman–Crippen LogP) is 3.66. The van der Waals surface area contributed by atoms with E-state index in [1.54, 1.807) is 14.2 Å². The highest BCUT2D eigenvalue weighted by molar-refractivity contribution is 5.80. The van der Waals surface area contributed by atoms with E-state index in [-0.39, 0.29) is 5.41 Å². The molecular formula is C24H42N4O2. The van der Waals surface area contributed by atoms with Crippen molar-refractivity contribution in [3.63, 3.8) is 0 Å². The van der Waals surface area contributed by atoms with Crippen LogP contribution in [-0.4, -0.2) is 63.8 Å². The van der Waals surface area contributed by atoms with Crippen LogP contribution in [0.5, 0.6) is 11.5 Å². The number of aliphatic imine (C=N–C) groups is 1. The summed E-state index contributed by atoms with van der Waals surface area (Å²) >= 11 is 0. The molecule has 0 atom stereocenters. The monoisotopic (exact) mass is 418 g/mol. The van der Waals surface area contributed by atoms with Crippen LogP contribution in [-0.2, 0) is 5.41 Å². The first-order valence-electron chi connectivity index (χ1n) is 11.3. The molecule has 2 rings (SSSR count). The molecule has 1 saturated heterocycles. The Bertz CT molecular complexity index is 680. The van der Waals surface area contributed by atoms with Gasteiger partial charge in [-0.3, -0.25) is 4.99 Å². The molecule has 6 nitrogen and oxygen atoms in total. The third-order valence-electron chi connectivity index (χ3n) is 5.69. The van der Waals surface area contributed by atoms with E-state index in [1.807, 2.05) is 6.07 Å². The van der Waals surface area contributed by atoms with Crippen LogP contribution in [0.1, 0.15) is 53.0 Å². The van der Waals surface area contributed by atoms with Crippen LogP contribution in [0.3, 0.4) is 0 Å². The number of benzene rings is 1. The minimum absolute atomic E-state index is 0.122. The second-order valence-electron chi connectivity index (χ2n) is 9.26. The normalized spacial score (nSPS) is 16.6. The Labute approximate surface area is 183 Å². The van der Waals surface area contributed by atoms with Gasteiger partial charge in [0.25, 0.3) is 0 Å². The lowest BCUT2D eigenvalue weighted by Gasteiger charge is -2.34. The summed E-state index contributed by atoms with van der Waals surface area (Å²) in [5.41, 5.74) is 1.06. The van der Waals surface area contributed by atoms with Gasteiger partial charge in [0.15, 0.2) is 17.5 Å². The molecule has 0 saturated carbocycles. The molecule has 1 aromatic carbocycles. The molecule has 1 aliphatic heterocycles. The van der Waals surface area contributed by atoms with E-state index in [4.69, 9.17) is 14.5 Å². The highest BCUT2D eigenvalue weighted by Crippen LogP contribution is 2.33. The second kappa shape index (κ2) is 11.4. The van der Waals surface area contributed by atoms with E-state index in [0.717, 1.165) is 55.9 Å². The molecule has 2 N–H and O–H groups in total. The van der Waals surface area contributed by atoms with E-state index >= 15 is 0 Å². The Hall–Kier alpha value is -1.95. The molecule has 0 amide bonds. The standard InChI is InChI=1S/C24H42N4O2/c1-8-25-23(27-20-11-13-28(14-12-20)16-18(2)3)26-17-24(4,5)19-9-10-21(29-6)22(15-19)30-7/h9-10,15,18,20H,8,11-14,16-17H2,1-7H3,(H2,25,26,27). The van der Waals surface area contributed by atoms with Gasteiger partial charge in [0.2, 0.25) is 0 Å². The van der Waals surface area contributed by atoms with Crippen LogP contribution in [0, 0.1) is 5.92 Å². The fourth-order valence-electron chi connectivity index (χ4n) is 3.91. The van der Waals surface area contributed by atoms with Crippen molar-refractivity contribution >= 4 is 5.96 Å². The molecule has 6 heteroatoms. The molecule has 0 unspecified atom stereocenters. The summed E-state index contributed by atoms with van der Waals surface area (Å²) in [6.07, 6.45) is 2.33. The van der Waals surface area contributed by atoms with Crippen molar-refractivity contribution in [2.75, 3.05) is 46.9 Å². The van der Waals surface area contributed by atoms with E-state index < -0.39 is 0 Å². The lowest BCUT2D eigenvalue weighted by Crippen LogP contribution is -2.49. The van der Waals surface area contributed by atoms with Gasteiger partial charge >= 0.3 is 0 Å². The third-order valence-corrected chi connectivity index (χ3v) is 5.69. The molecule has 30 heavy (non-hydrogen) atoms. The number of hydrogen-bond acceptors (Lipinski definition) is 4. The van der Waals surface area contributed by atoms with Gasteiger partial charge < -0.3 is 25.0 Å². The predicted molar refractivity (Wildman–Crippen MR) is 126 cm³/mol. The van der Waals surface area contributed by atoms with Gasteiger partial charge in [-0.15, -0.1) is 0 Å². The van der Waals surface area contributed by atoms with E-state index in [0.29, 0.717) is 12.6 Å². The summed E-state index contributed by atoms with van der Waals surface area (Å²) in [5, 5.41) is 7.08. The summed E-state index contributed by atoms with van der Waals surface area (Å²) in [4.78, 5) is 7.51. The SMILES string of the molecule is CCNC(=NCC(C)(C)c1ccc(OC)c(OC)c1)NC1CCN(CC(C)C)CC1. The summed E-state index contributed by atoms with van der Waals surface area (Å²) in [6, 6.07) is 6.60. The maximum atomic E-state index is 5.48. The van der Waals surface area contributed by atoms with Crippen molar-refractivity contribution in [2.24, 2.45) is 10.9 Å². The zero-order valence-corrected chi connectivity index (χ0v) is 20.0. The minimum Gasteiger partial charge on any atom is -0.493 e. The van der Waals surface area contributed by atoms with Crippen LogP contribution in [0.4, 0.5) is 0 Å². The Balaban J connectivity index is 2.01. The first-order valence-corrected chi connectivity index (χ1v) is 11.3. The fourth-order valence-corrected chi connectivity index (χ4v) is 3.91. The van der Waals surface area contributed by atoms with Gasteiger partial charge in [0.05, 0.1) is 20.8 Å². The molecule has 1 aromatic rings. The molecule has 0 bridgehead atoms. The number of nitrogens with zero attached hydrogens (tertiary/aromatic N) is 2. The zero-order valence-electron chi connectivity index (χ0n) is 20.0. The number of piperidine rings is 1. The van der Waals surface area contributed by atoms with Crippen molar-refractivity contribution in [1.82, 2.24) is 15.5 Å². The number of methoxy groups -OCH3 is 2. The first kappa shape index (κ1) is 24.3. The van der Waals surface area contributed by atoms with Crippen molar-refractivity contribution in [3.05, 3.63) is 23.8 Å². The van der Waals surface area contributed by atoms with Gasteiger partial charge in [0, 0.05) is 37.6 Å². The van der Waals surface area contributed by atoms with Gasteiger partial charge in [-0.2, -0.15) is 0 Å². The van der Waals surface area contributed by atoms with E-state index in [9.17, 15) is 0 Å². The molecule has 1 fully saturated rings. The summed E-state index contributed by atoms with van der Waals surface area (Å²) in [5.74, 6) is 3.14. The van der Waals surface area contributed by atoms with E-state index in [2.05, 4.69) is 62.3 Å². The summed E-state index contributed by atoms with van der Waals surface area (Å²) < 4.78 is 10.9. The Kier molecular flexibility index (Phi) is 9.28. The maximum absolute atomic E-state index is 5.48. The maximum Gasteiger partial charge on any atom is 0.191 e. The highest BCUT2D eigenvalue weighted by atomic mass is 16.5. The molecule has 0 aliphatic carbocycles. The van der Waals surface area contributed by atoms with Gasteiger partial charge in [-0.05, 0) is 43.4 Å².